The van der Waals surface area contributed by atoms with Gasteiger partial charge in [-0.2, -0.15) is 0 Å². The molecule has 2 saturated heterocycles. The molecule has 170 valence electrons. The van der Waals surface area contributed by atoms with Crippen molar-refractivity contribution in [2.75, 3.05) is 29.5 Å². The van der Waals surface area contributed by atoms with Gasteiger partial charge in [0.15, 0.2) is 0 Å². The third kappa shape index (κ3) is 4.09. The highest BCUT2D eigenvalue weighted by Gasteiger charge is 2.33. The highest BCUT2D eigenvalue weighted by Crippen LogP contribution is 2.33. The molecule has 0 spiro atoms. The van der Waals surface area contributed by atoms with E-state index in [9.17, 15) is 18.4 Å². The van der Waals surface area contributed by atoms with E-state index in [0.717, 1.165) is 17.8 Å². The Morgan fingerprint density at radius 2 is 1.88 bits per heavy atom. The number of cyclic esters (lactones) is 2. The molecule has 2 aromatic heterocycles. The van der Waals surface area contributed by atoms with Gasteiger partial charge in [0, 0.05) is 17.8 Å². The first-order chi connectivity index (χ1) is 16.0. The maximum Gasteiger partial charge on any atom is 0.415 e. The molecule has 3 aromatic rings. The smallest absolute Gasteiger partial charge is 0.415 e. The van der Waals surface area contributed by atoms with Crippen molar-refractivity contribution in [1.82, 2.24) is 10.1 Å². The highest BCUT2D eigenvalue weighted by molar-refractivity contribution is 5.90. The van der Waals surface area contributed by atoms with E-state index in [0.29, 0.717) is 25.2 Å². The van der Waals surface area contributed by atoms with E-state index >= 15 is 0 Å². The van der Waals surface area contributed by atoms with Gasteiger partial charge in [0.2, 0.25) is 0 Å². The van der Waals surface area contributed by atoms with E-state index in [1.54, 1.807) is 6.07 Å². The van der Waals surface area contributed by atoms with Crippen LogP contribution >= 0.6 is 0 Å². The first kappa shape index (κ1) is 20.9. The van der Waals surface area contributed by atoms with Crippen molar-refractivity contribution < 1.29 is 32.4 Å². The molecule has 0 N–H and O–H groups in total. The van der Waals surface area contributed by atoms with Crippen LogP contribution in [0.1, 0.15) is 12.1 Å². The molecule has 5 rings (SSSR count). The van der Waals surface area contributed by atoms with Crippen molar-refractivity contribution in [3.63, 3.8) is 0 Å². The quantitative estimate of drug-likeness (QED) is 0.554. The Kier molecular flexibility index (Phi) is 5.37. The zero-order valence-electron chi connectivity index (χ0n) is 17.2. The normalized spacial score (nSPS) is 18.1. The summed E-state index contributed by atoms with van der Waals surface area (Å²) < 4.78 is 44.8. The minimum Gasteiger partial charge on any atom is -0.447 e. The molecule has 2 fully saturated rings. The van der Waals surface area contributed by atoms with E-state index in [-0.39, 0.29) is 30.0 Å². The van der Waals surface area contributed by atoms with Crippen molar-refractivity contribution in [1.29, 1.82) is 0 Å². The summed E-state index contributed by atoms with van der Waals surface area (Å²) in [6.45, 7) is 0.776. The molecule has 0 unspecified atom stereocenters. The van der Waals surface area contributed by atoms with Crippen LogP contribution in [0.15, 0.2) is 47.3 Å². The molecule has 0 bridgehead atoms. The molecule has 4 heterocycles. The van der Waals surface area contributed by atoms with Crippen LogP contribution in [-0.2, 0) is 15.9 Å². The lowest BCUT2D eigenvalue weighted by Crippen LogP contribution is -2.25. The first-order valence-corrected chi connectivity index (χ1v) is 10.3. The average molecular weight is 456 g/mol. The second kappa shape index (κ2) is 8.49. The van der Waals surface area contributed by atoms with Crippen LogP contribution in [0.3, 0.4) is 0 Å². The van der Waals surface area contributed by atoms with Gasteiger partial charge in [0.1, 0.15) is 36.4 Å². The van der Waals surface area contributed by atoms with Crippen LogP contribution in [0.2, 0.25) is 0 Å². The van der Waals surface area contributed by atoms with Gasteiger partial charge in [-0.05, 0) is 37.1 Å². The van der Waals surface area contributed by atoms with Crippen molar-refractivity contribution >= 4 is 23.7 Å². The van der Waals surface area contributed by atoms with Gasteiger partial charge in [-0.15, -0.1) is 0 Å². The predicted octanol–water partition coefficient (Wildman–Crippen LogP) is 3.93. The van der Waals surface area contributed by atoms with Gasteiger partial charge in [-0.1, -0.05) is 5.16 Å². The number of benzene rings is 1. The minimum absolute atomic E-state index is 0.0621. The number of nitrogens with zero attached hydrogens (tertiary/aromatic N) is 4. The van der Waals surface area contributed by atoms with Crippen molar-refractivity contribution in [2.45, 2.75) is 18.9 Å². The van der Waals surface area contributed by atoms with Gasteiger partial charge in [-0.3, -0.25) is 9.80 Å². The van der Waals surface area contributed by atoms with Crippen LogP contribution in [0.5, 0.6) is 0 Å². The zero-order chi connectivity index (χ0) is 22.9. The summed E-state index contributed by atoms with van der Waals surface area (Å²) in [5, 5.41) is 3.81. The SMILES string of the molecule is O=C1O[C@@H](CCc2ccon2)CN1c1cc(F)c(-c2ccc(N3CCOC3=O)nc2)c(F)c1. The molecule has 0 radical (unpaired) electrons. The first-order valence-electron chi connectivity index (χ1n) is 10.3. The van der Waals surface area contributed by atoms with Gasteiger partial charge in [0.05, 0.1) is 30.0 Å². The standard InChI is InChI=1S/C22H18F2N4O5/c23-17-9-15(28-12-16(33-22(28)30)3-2-14-5-7-32-26-14)10-18(24)20(17)13-1-4-19(25-11-13)27-6-8-31-21(27)29/h1,4-5,7,9-11,16H,2-3,6,8,12H2/t16-/m0/s1. The number of aromatic nitrogens is 2. The number of aryl methyl sites for hydroxylation is 1. The fourth-order valence-electron chi connectivity index (χ4n) is 3.84. The molecular formula is C22H18F2N4O5. The number of rotatable bonds is 6. The summed E-state index contributed by atoms with van der Waals surface area (Å²) >= 11 is 0. The molecule has 2 aliphatic heterocycles. The van der Waals surface area contributed by atoms with E-state index in [1.807, 2.05) is 0 Å². The average Bonchev–Trinajstić information content (AvgIpc) is 3.54. The second-order valence-electron chi connectivity index (χ2n) is 7.60. The number of ether oxygens (including phenoxy) is 2. The summed E-state index contributed by atoms with van der Waals surface area (Å²) in [5.41, 5.74) is 0.707. The highest BCUT2D eigenvalue weighted by atomic mass is 19.1. The number of carbonyl (C=O) groups is 2. The largest absolute Gasteiger partial charge is 0.447 e. The molecule has 1 atom stereocenters. The van der Waals surface area contributed by atoms with Gasteiger partial charge >= 0.3 is 12.2 Å². The number of pyridine rings is 1. The van der Waals surface area contributed by atoms with E-state index < -0.39 is 29.9 Å². The zero-order valence-corrected chi connectivity index (χ0v) is 17.2. The second-order valence-corrected chi connectivity index (χ2v) is 7.60. The Balaban J connectivity index is 1.32. The predicted molar refractivity (Wildman–Crippen MR) is 111 cm³/mol. The maximum absolute atomic E-state index is 14.9. The molecule has 2 aliphatic rings. The fourth-order valence-corrected chi connectivity index (χ4v) is 3.84. The molecule has 11 heteroatoms. The van der Waals surface area contributed by atoms with Gasteiger partial charge in [-0.25, -0.2) is 23.4 Å². The molecule has 2 amide bonds. The number of halogens is 2. The number of amides is 2. The van der Waals surface area contributed by atoms with Gasteiger partial charge < -0.3 is 14.0 Å². The van der Waals surface area contributed by atoms with Crippen molar-refractivity contribution in [3.05, 3.63) is 60.1 Å². The maximum atomic E-state index is 14.9. The van der Waals surface area contributed by atoms with Crippen LogP contribution < -0.4 is 9.80 Å². The summed E-state index contributed by atoms with van der Waals surface area (Å²) in [6, 6.07) is 6.86. The molecule has 0 aliphatic carbocycles. The summed E-state index contributed by atoms with van der Waals surface area (Å²) in [4.78, 5) is 30.6. The number of hydrogen-bond donors (Lipinski definition) is 0. The third-order valence-electron chi connectivity index (χ3n) is 5.50. The number of hydrogen-bond acceptors (Lipinski definition) is 7. The third-order valence-corrected chi connectivity index (χ3v) is 5.50. The Morgan fingerprint density at radius 3 is 2.52 bits per heavy atom. The van der Waals surface area contributed by atoms with Crippen LogP contribution in [-0.4, -0.2) is 48.1 Å². The van der Waals surface area contributed by atoms with Gasteiger partial charge in [0.25, 0.3) is 0 Å². The Morgan fingerprint density at radius 1 is 1.06 bits per heavy atom. The van der Waals surface area contributed by atoms with Crippen LogP contribution in [0.4, 0.5) is 29.9 Å². The Bertz CT molecular complexity index is 1160. The monoisotopic (exact) mass is 456 g/mol. The molecule has 1 aromatic carbocycles. The summed E-state index contributed by atoms with van der Waals surface area (Å²) in [7, 11) is 0. The lowest BCUT2D eigenvalue weighted by molar-refractivity contribution is 0.136. The molecule has 33 heavy (non-hydrogen) atoms. The Hall–Kier alpha value is -4.02. The summed E-state index contributed by atoms with van der Waals surface area (Å²) in [5.74, 6) is -1.37. The van der Waals surface area contributed by atoms with Crippen molar-refractivity contribution in [3.8, 4) is 11.1 Å². The number of carbonyl (C=O) groups excluding carboxylic acids is 2. The van der Waals surface area contributed by atoms with E-state index in [2.05, 4.69) is 10.1 Å². The van der Waals surface area contributed by atoms with E-state index in [4.69, 9.17) is 14.0 Å². The molecular weight excluding hydrogens is 438 g/mol. The Labute approximate surface area is 186 Å². The molecule has 0 saturated carbocycles. The fraction of sp³-hybridized carbons (Fsp3) is 0.273. The van der Waals surface area contributed by atoms with Crippen molar-refractivity contribution in [2.24, 2.45) is 0 Å². The lowest BCUT2D eigenvalue weighted by Gasteiger charge is -2.16. The van der Waals surface area contributed by atoms with Crippen LogP contribution in [0.25, 0.3) is 11.1 Å². The topological polar surface area (TPSA) is 98.0 Å². The minimum atomic E-state index is -0.848. The van der Waals surface area contributed by atoms with E-state index in [1.165, 1.54) is 34.4 Å². The summed E-state index contributed by atoms with van der Waals surface area (Å²) in [6.07, 6.45) is 2.16. The molecule has 9 nitrogen and oxygen atoms in total. The van der Waals surface area contributed by atoms with Crippen LogP contribution in [0, 0.1) is 11.6 Å². The number of anilines is 2. The lowest BCUT2D eigenvalue weighted by atomic mass is 10.0.